The second kappa shape index (κ2) is 9.68. The first kappa shape index (κ1) is 21.6. The number of piperidine rings is 1. The van der Waals surface area contributed by atoms with Crippen LogP contribution in [-0.2, 0) is 22.7 Å². The van der Waals surface area contributed by atoms with Gasteiger partial charge >= 0.3 is 0 Å². The minimum atomic E-state index is 0.0465. The van der Waals surface area contributed by atoms with Crippen molar-refractivity contribution in [3.05, 3.63) is 41.2 Å². The van der Waals surface area contributed by atoms with Crippen LogP contribution in [-0.4, -0.2) is 52.4 Å². The highest BCUT2D eigenvalue weighted by Crippen LogP contribution is 2.22. The van der Waals surface area contributed by atoms with Crippen molar-refractivity contribution in [3.63, 3.8) is 0 Å². The lowest BCUT2D eigenvalue weighted by atomic mass is 9.95. The first-order valence-electron chi connectivity index (χ1n) is 11.2. The maximum atomic E-state index is 12.8. The van der Waals surface area contributed by atoms with Gasteiger partial charge in [0.25, 0.3) is 0 Å². The molecule has 4 heterocycles. The van der Waals surface area contributed by atoms with Crippen LogP contribution in [0.3, 0.4) is 0 Å². The van der Waals surface area contributed by atoms with Crippen molar-refractivity contribution in [3.8, 4) is 0 Å². The van der Waals surface area contributed by atoms with Gasteiger partial charge in [0.15, 0.2) is 0 Å². The molecule has 168 valence electrons. The molecule has 0 radical (unpaired) electrons. The van der Waals surface area contributed by atoms with Crippen LogP contribution < -0.4 is 5.32 Å². The van der Waals surface area contributed by atoms with Crippen LogP contribution in [0.1, 0.15) is 54.9 Å². The van der Waals surface area contributed by atoms with E-state index in [0.717, 1.165) is 61.7 Å². The maximum Gasteiger partial charge on any atom is 0.223 e. The molecule has 1 atom stereocenters. The normalized spacial score (nSPS) is 21.3. The molecule has 2 fully saturated rings. The quantitative estimate of drug-likeness (QED) is 0.761. The molecule has 2 aromatic rings. The number of nitrogens with zero attached hydrogens (tertiary/aromatic N) is 3. The number of nitrogens with one attached hydrogen (secondary N) is 1. The molecule has 0 saturated carbocycles. The molecule has 1 N–H and O–H groups in total. The van der Waals surface area contributed by atoms with E-state index < -0.39 is 0 Å². The smallest absolute Gasteiger partial charge is 0.223 e. The molecule has 2 saturated heterocycles. The van der Waals surface area contributed by atoms with Crippen LogP contribution in [0.25, 0.3) is 0 Å². The summed E-state index contributed by atoms with van der Waals surface area (Å²) < 4.78 is 10.7. The van der Waals surface area contributed by atoms with E-state index in [1.807, 2.05) is 30.9 Å². The Kier molecular flexibility index (Phi) is 6.75. The monoisotopic (exact) mass is 428 g/mol. The predicted molar refractivity (Wildman–Crippen MR) is 114 cm³/mol. The lowest BCUT2D eigenvalue weighted by Gasteiger charge is -2.31. The second-order valence-electron chi connectivity index (χ2n) is 8.78. The van der Waals surface area contributed by atoms with Crippen molar-refractivity contribution >= 4 is 11.8 Å². The fourth-order valence-electron chi connectivity index (χ4n) is 4.56. The van der Waals surface area contributed by atoms with Crippen molar-refractivity contribution in [2.45, 2.75) is 65.1 Å². The van der Waals surface area contributed by atoms with E-state index in [0.29, 0.717) is 25.9 Å². The molecule has 4 rings (SSSR count). The molecule has 8 nitrogen and oxygen atoms in total. The van der Waals surface area contributed by atoms with Crippen molar-refractivity contribution < 1.29 is 18.5 Å². The molecule has 8 heteroatoms. The molecule has 2 aromatic heterocycles. The van der Waals surface area contributed by atoms with Crippen LogP contribution in [0.2, 0.25) is 0 Å². The summed E-state index contributed by atoms with van der Waals surface area (Å²) in [7, 11) is 0. The lowest BCUT2D eigenvalue weighted by molar-refractivity contribution is -0.131. The van der Waals surface area contributed by atoms with Crippen LogP contribution in [0.5, 0.6) is 0 Å². The van der Waals surface area contributed by atoms with Gasteiger partial charge in [0, 0.05) is 30.5 Å². The number of aromatic nitrogens is 1. The van der Waals surface area contributed by atoms with Crippen LogP contribution in [0, 0.1) is 19.8 Å². The fourth-order valence-corrected chi connectivity index (χ4v) is 4.56. The third-order valence-corrected chi connectivity index (χ3v) is 6.60. The second-order valence-corrected chi connectivity index (χ2v) is 8.78. The van der Waals surface area contributed by atoms with Gasteiger partial charge in [-0.3, -0.25) is 14.5 Å². The van der Waals surface area contributed by atoms with E-state index >= 15 is 0 Å². The Morgan fingerprint density at radius 3 is 2.65 bits per heavy atom. The number of likely N-dealkylation sites (tertiary alicyclic amines) is 2. The Morgan fingerprint density at radius 1 is 1.16 bits per heavy atom. The molecule has 0 spiro atoms. The Morgan fingerprint density at radius 2 is 1.97 bits per heavy atom. The standard InChI is InChI=1S/C23H32N4O4/c1-16-21(17(2)31-25-16)15-27-12-9-19(5-6-22(27)28)24-23(29)18-7-10-26(11-8-18)14-20-4-3-13-30-20/h3-4,13,18-19H,5-12,14-15H2,1-2H3,(H,24,29). The van der Waals surface area contributed by atoms with Gasteiger partial charge in [-0.1, -0.05) is 5.16 Å². The average molecular weight is 429 g/mol. The minimum absolute atomic E-state index is 0.0465. The zero-order valence-electron chi connectivity index (χ0n) is 18.4. The fraction of sp³-hybridized carbons (Fsp3) is 0.609. The molecule has 0 aliphatic carbocycles. The number of hydrogen-bond donors (Lipinski definition) is 1. The topological polar surface area (TPSA) is 91.8 Å². The van der Waals surface area contributed by atoms with E-state index in [4.69, 9.17) is 8.94 Å². The van der Waals surface area contributed by atoms with Gasteiger partial charge in [-0.15, -0.1) is 0 Å². The summed E-state index contributed by atoms with van der Waals surface area (Å²) in [6.07, 6.45) is 5.34. The molecule has 2 aliphatic heterocycles. The highest BCUT2D eigenvalue weighted by atomic mass is 16.5. The molecular formula is C23H32N4O4. The summed E-state index contributed by atoms with van der Waals surface area (Å²) in [5.74, 6) is 2.03. The van der Waals surface area contributed by atoms with E-state index in [9.17, 15) is 9.59 Å². The van der Waals surface area contributed by atoms with Gasteiger partial charge in [-0.05, 0) is 64.8 Å². The van der Waals surface area contributed by atoms with Crippen molar-refractivity contribution in [2.75, 3.05) is 19.6 Å². The maximum absolute atomic E-state index is 12.8. The van der Waals surface area contributed by atoms with E-state index in [1.165, 1.54) is 0 Å². The summed E-state index contributed by atoms with van der Waals surface area (Å²) >= 11 is 0. The number of furan rings is 1. The zero-order valence-corrected chi connectivity index (χ0v) is 18.4. The van der Waals surface area contributed by atoms with Gasteiger partial charge < -0.3 is 19.2 Å². The molecule has 0 aromatic carbocycles. The summed E-state index contributed by atoms with van der Waals surface area (Å²) in [6, 6.07) is 3.94. The van der Waals surface area contributed by atoms with Crippen LogP contribution >= 0.6 is 0 Å². The van der Waals surface area contributed by atoms with Crippen molar-refractivity contribution in [2.24, 2.45) is 5.92 Å². The summed E-state index contributed by atoms with van der Waals surface area (Å²) in [4.78, 5) is 29.7. The molecule has 31 heavy (non-hydrogen) atoms. The van der Waals surface area contributed by atoms with Gasteiger partial charge in [0.05, 0.1) is 25.0 Å². The van der Waals surface area contributed by atoms with Gasteiger partial charge in [0.1, 0.15) is 11.5 Å². The Labute approximate surface area is 182 Å². The summed E-state index contributed by atoms with van der Waals surface area (Å²) in [5.41, 5.74) is 1.81. The van der Waals surface area contributed by atoms with E-state index in [-0.39, 0.29) is 23.8 Å². The molecule has 0 bridgehead atoms. The predicted octanol–water partition coefficient (Wildman–Crippen LogP) is 2.79. The number of rotatable bonds is 6. The van der Waals surface area contributed by atoms with Gasteiger partial charge in [0.2, 0.25) is 11.8 Å². The third-order valence-electron chi connectivity index (χ3n) is 6.60. The molecule has 2 aliphatic rings. The van der Waals surface area contributed by atoms with Crippen molar-refractivity contribution in [1.29, 1.82) is 0 Å². The summed E-state index contributed by atoms with van der Waals surface area (Å²) in [5, 5.41) is 7.21. The van der Waals surface area contributed by atoms with Gasteiger partial charge in [-0.2, -0.15) is 0 Å². The van der Waals surface area contributed by atoms with Crippen LogP contribution in [0.4, 0.5) is 0 Å². The molecular weight excluding hydrogens is 396 g/mol. The van der Waals surface area contributed by atoms with Gasteiger partial charge in [-0.25, -0.2) is 0 Å². The number of carbonyl (C=O) groups excluding carboxylic acids is 2. The highest BCUT2D eigenvalue weighted by Gasteiger charge is 2.29. The van der Waals surface area contributed by atoms with E-state index in [1.54, 1.807) is 6.26 Å². The number of carbonyl (C=O) groups is 2. The Bertz CT molecular complexity index is 864. The number of hydrogen-bond acceptors (Lipinski definition) is 6. The number of amides is 2. The van der Waals surface area contributed by atoms with Crippen LogP contribution in [0.15, 0.2) is 27.3 Å². The first-order chi connectivity index (χ1) is 15.0. The third kappa shape index (κ3) is 5.36. The lowest BCUT2D eigenvalue weighted by Crippen LogP contribution is -2.44. The Balaban J connectivity index is 1.24. The minimum Gasteiger partial charge on any atom is -0.468 e. The van der Waals surface area contributed by atoms with E-state index in [2.05, 4.69) is 15.4 Å². The summed E-state index contributed by atoms with van der Waals surface area (Å²) in [6.45, 7) is 7.52. The highest BCUT2D eigenvalue weighted by molar-refractivity contribution is 5.80. The van der Waals surface area contributed by atoms with Crippen molar-refractivity contribution in [1.82, 2.24) is 20.3 Å². The zero-order chi connectivity index (χ0) is 21.8. The largest absolute Gasteiger partial charge is 0.468 e. The SMILES string of the molecule is Cc1noc(C)c1CN1CCC(NC(=O)C2CCN(Cc3ccco3)CC2)CCC1=O. The average Bonchev–Trinajstić information content (AvgIpc) is 3.34. The Hall–Kier alpha value is -2.61. The molecule has 2 amide bonds. The molecule has 1 unspecified atom stereocenters. The number of aryl methyl sites for hydroxylation is 2. The first-order valence-corrected chi connectivity index (χ1v) is 11.2.